The third kappa shape index (κ3) is 3.14. The van der Waals surface area contributed by atoms with Crippen LogP contribution in [0.3, 0.4) is 0 Å². The van der Waals surface area contributed by atoms with E-state index < -0.39 is 0 Å². The van der Waals surface area contributed by atoms with E-state index in [1.165, 1.54) is 4.80 Å². The third-order valence-corrected chi connectivity index (χ3v) is 5.74. The number of fused-ring (bicyclic) bond motifs is 2. The van der Waals surface area contributed by atoms with Crippen LogP contribution in [0.4, 0.5) is 5.95 Å². The van der Waals surface area contributed by atoms with E-state index in [2.05, 4.69) is 25.1 Å². The Labute approximate surface area is 169 Å². The van der Waals surface area contributed by atoms with E-state index >= 15 is 0 Å². The molecule has 2 fully saturated rings. The maximum Gasteiger partial charge on any atom is 0.256 e. The van der Waals surface area contributed by atoms with Crippen LogP contribution in [-0.2, 0) is 0 Å². The summed E-state index contributed by atoms with van der Waals surface area (Å²) in [7, 11) is 0. The van der Waals surface area contributed by atoms with E-state index in [1.807, 2.05) is 49.1 Å². The molecule has 0 spiro atoms. The molecule has 29 heavy (non-hydrogen) atoms. The monoisotopic (exact) mass is 389 g/mol. The second kappa shape index (κ2) is 6.95. The maximum absolute atomic E-state index is 13.4. The van der Waals surface area contributed by atoms with Crippen LogP contribution >= 0.6 is 0 Å². The van der Waals surface area contributed by atoms with Gasteiger partial charge < -0.3 is 9.80 Å². The Bertz CT molecular complexity index is 1010. The number of amides is 1. The summed E-state index contributed by atoms with van der Waals surface area (Å²) >= 11 is 0. The number of rotatable bonds is 3. The summed E-state index contributed by atoms with van der Waals surface area (Å²) in [6.45, 7) is 5.35. The van der Waals surface area contributed by atoms with E-state index in [0.717, 1.165) is 30.2 Å². The van der Waals surface area contributed by atoms with Crippen LogP contribution in [0, 0.1) is 13.8 Å². The molecule has 2 aliphatic rings. The van der Waals surface area contributed by atoms with Crippen molar-refractivity contribution in [3.8, 4) is 5.69 Å². The largest absolute Gasteiger partial charge is 0.334 e. The topological polar surface area (TPSA) is 80.0 Å². The predicted octanol–water partition coefficient (Wildman–Crippen LogP) is 2.17. The van der Waals surface area contributed by atoms with Crippen LogP contribution in [0.2, 0.25) is 0 Å². The molecule has 148 valence electrons. The molecule has 2 bridgehead atoms. The highest BCUT2D eigenvalue weighted by Crippen LogP contribution is 2.34. The number of carbonyl (C=O) groups excluding carboxylic acids is 1. The van der Waals surface area contributed by atoms with Gasteiger partial charge in [-0.05, 0) is 44.9 Å². The molecule has 4 heterocycles. The normalized spacial score (nSPS) is 20.9. The van der Waals surface area contributed by atoms with Crippen LogP contribution in [0.25, 0.3) is 5.69 Å². The van der Waals surface area contributed by atoms with Gasteiger partial charge in [-0.25, -0.2) is 9.97 Å². The van der Waals surface area contributed by atoms with Gasteiger partial charge in [-0.15, -0.1) is 0 Å². The zero-order chi connectivity index (χ0) is 20.0. The summed E-state index contributed by atoms with van der Waals surface area (Å²) in [5.41, 5.74) is 3.28. The summed E-state index contributed by atoms with van der Waals surface area (Å²) in [6.07, 6.45) is 5.33. The predicted molar refractivity (Wildman–Crippen MR) is 108 cm³/mol. The van der Waals surface area contributed by atoms with E-state index in [-0.39, 0.29) is 18.0 Å². The first-order valence-corrected chi connectivity index (χ1v) is 9.96. The lowest BCUT2D eigenvalue weighted by Crippen LogP contribution is -2.56. The van der Waals surface area contributed by atoms with Crippen LogP contribution in [0.5, 0.6) is 0 Å². The lowest BCUT2D eigenvalue weighted by atomic mass is 10.1. The summed E-state index contributed by atoms with van der Waals surface area (Å²) in [5, 5.41) is 8.39. The fourth-order valence-corrected chi connectivity index (χ4v) is 4.56. The standard InChI is InChI=1S/C21H23N7O/c1-14-11-15(2)25-21(24-14)27-16-7-8-17(27)13-26(12-16)20(29)18-5-3-4-6-19(18)28-22-9-10-23-28/h3-6,9-11,16-17H,7-8,12-13H2,1-2H3. The molecule has 1 aromatic carbocycles. The first-order chi connectivity index (χ1) is 14.1. The molecule has 5 rings (SSSR count). The number of piperazine rings is 1. The van der Waals surface area contributed by atoms with Crippen molar-refractivity contribution in [3.05, 3.63) is 59.7 Å². The maximum atomic E-state index is 13.4. The number of likely N-dealkylation sites (tertiary alicyclic amines) is 1. The van der Waals surface area contributed by atoms with Gasteiger partial charge in [0.05, 0.1) is 23.6 Å². The molecule has 2 aromatic heterocycles. The quantitative estimate of drug-likeness (QED) is 0.683. The lowest BCUT2D eigenvalue weighted by Gasteiger charge is -2.41. The SMILES string of the molecule is Cc1cc(C)nc(N2C3CCC2CN(C(=O)c2ccccc2-n2nccn2)C3)n1. The Hall–Kier alpha value is -3.29. The fourth-order valence-electron chi connectivity index (χ4n) is 4.56. The summed E-state index contributed by atoms with van der Waals surface area (Å²) in [4.78, 5) is 28.5. The molecule has 1 amide bonds. The second-order valence-electron chi connectivity index (χ2n) is 7.79. The Kier molecular flexibility index (Phi) is 4.26. The smallest absolute Gasteiger partial charge is 0.256 e. The van der Waals surface area contributed by atoms with Crippen LogP contribution in [0.15, 0.2) is 42.7 Å². The van der Waals surface area contributed by atoms with E-state index in [0.29, 0.717) is 24.3 Å². The number of aromatic nitrogens is 5. The minimum Gasteiger partial charge on any atom is -0.334 e. The first-order valence-electron chi connectivity index (χ1n) is 9.96. The van der Waals surface area contributed by atoms with Crippen molar-refractivity contribution < 1.29 is 4.79 Å². The molecular weight excluding hydrogens is 366 g/mol. The molecule has 3 aromatic rings. The number of nitrogens with zero attached hydrogens (tertiary/aromatic N) is 7. The van der Waals surface area contributed by atoms with Gasteiger partial charge in [0.25, 0.3) is 5.91 Å². The molecule has 2 aliphatic heterocycles. The summed E-state index contributed by atoms with van der Waals surface area (Å²) < 4.78 is 0. The Morgan fingerprint density at radius 3 is 2.24 bits per heavy atom. The Balaban J connectivity index is 1.41. The fraction of sp³-hybridized carbons (Fsp3) is 0.381. The number of anilines is 1. The second-order valence-corrected chi connectivity index (χ2v) is 7.79. The highest BCUT2D eigenvalue weighted by molar-refractivity contribution is 5.98. The van der Waals surface area contributed by atoms with E-state index in [1.54, 1.807) is 12.4 Å². The number of carbonyl (C=O) groups is 1. The lowest BCUT2D eigenvalue weighted by molar-refractivity contribution is 0.0716. The van der Waals surface area contributed by atoms with Gasteiger partial charge in [-0.2, -0.15) is 15.0 Å². The van der Waals surface area contributed by atoms with Crippen LogP contribution < -0.4 is 4.90 Å². The number of para-hydroxylation sites is 1. The van der Waals surface area contributed by atoms with Gasteiger partial charge in [-0.3, -0.25) is 4.79 Å². The molecule has 2 unspecified atom stereocenters. The highest BCUT2D eigenvalue weighted by Gasteiger charge is 2.43. The summed E-state index contributed by atoms with van der Waals surface area (Å²) in [6, 6.07) is 9.99. The molecule has 0 aliphatic carbocycles. The van der Waals surface area contributed by atoms with Crippen molar-refractivity contribution >= 4 is 11.9 Å². The van der Waals surface area contributed by atoms with Crippen molar-refractivity contribution in [1.29, 1.82) is 0 Å². The van der Waals surface area contributed by atoms with Gasteiger partial charge in [-0.1, -0.05) is 12.1 Å². The van der Waals surface area contributed by atoms with Gasteiger partial charge in [0, 0.05) is 36.6 Å². The van der Waals surface area contributed by atoms with Crippen molar-refractivity contribution in [1.82, 2.24) is 29.9 Å². The van der Waals surface area contributed by atoms with Crippen molar-refractivity contribution in [2.24, 2.45) is 0 Å². The Morgan fingerprint density at radius 2 is 1.59 bits per heavy atom. The van der Waals surface area contributed by atoms with Gasteiger partial charge in [0.15, 0.2) is 0 Å². The zero-order valence-corrected chi connectivity index (χ0v) is 16.6. The number of benzene rings is 1. The van der Waals surface area contributed by atoms with Crippen molar-refractivity contribution in [2.75, 3.05) is 18.0 Å². The van der Waals surface area contributed by atoms with E-state index in [9.17, 15) is 4.79 Å². The molecule has 0 saturated carbocycles. The number of hydrogen-bond acceptors (Lipinski definition) is 6. The van der Waals surface area contributed by atoms with Gasteiger partial charge in [0.2, 0.25) is 5.95 Å². The van der Waals surface area contributed by atoms with Crippen molar-refractivity contribution in [3.63, 3.8) is 0 Å². The molecule has 2 atom stereocenters. The number of aryl methyl sites for hydroxylation is 2. The number of hydrogen-bond donors (Lipinski definition) is 0. The highest BCUT2D eigenvalue weighted by atomic mass is 16.2. The molecule has 8 nitrogen and oxygen atoms in total. The summed E-state index contributed by atoms with van der Waals surface area (Å²) in [5.74, 6) is 0.819. The van der Waals surface area contributed by atoms with Gasteiger partial charge in [0.1, 0.15) is 0 Å². The van der Waals surface area contributed by atoms with Gasteiger partial charge >= 0.3 is 0 Å². The Morgan fingerprint density at radius 1 is 0.966 bits per heavy atom. The van der Waals surface area contributed by atoms with Crippen molar-refractivity contribution in [2.45, 2.75) is 38.8 Å². The average Bonchev–Trinajstić information content (AvgIpc) is 3.33. The molecule has 0 radical (unpaired) electrons. The average molecular weight is 389 g/mol. The first kappa shape index (κ1) is 17.8. The zero-order valence-electron chi connectivity index (χ0n) is 16.6. The minimum atomic E-state index is 0.0239. The van der Waals surface area contributed by atoms with Crippen LogP contribution in [0.1, 0.15) is 34.6 Å². The van der Waals surface area contributed by atoms with E-state index in [4.69, 9.17) is 0 Å². The molecule has 0 N–H and O–H groups in total. The molecule has 2 saturated heterocycles. The molecule has 8 heteroatoms. The van der Waals surface area contributed by atoms with Crippen LogP contribution in [-0.4, -0.2) is 60.9 Å². The minimum absolute atomic E-state index is 0.0239. The third-order valence-electron chi connectivity index (χ3n) is 5.74. The molecular formula is C21H23N7O.